The van der Waals surface area contributed by atoms with Crippen LogP contribution in [0.25, 0.3) is 10.2 Å². The minimum atomic E-state index is -0.630. The lowest BCUT2D eigenvalue weighted by atomic mass is 10.2. The number of thioether (sulfide) groups is 1. The summed E-state index contributed by atoms with van der Waals surface area (Å²) in [6.07, 6.45) is 4.25. The van der Waals surface area contributed by atoms with Crippen LogP contribution in [0.1, 0.15) is 46.0 Å². The van der Waals surface area contributed by atoms with E-state index in [1.54, 1.807) is 0 Å². The molecule has 3 rings (SSSR count). The monoisotopic (exact) mass is 475 g/mol. The van der Waals surface area contributed by atoms with Crippen LogP contribution < -0.4 is 21.9 Å². The van der Waals surface area contributed by atoms with E-state index >= 15 is 0 Å². The average molecular weight is 476 g/mol. The number of hydrogen-bond donors (Lipinski definition) is 2. The van der Waals surface area contributed by atoms with Crippen LogP contribution in [0, 0.1) is 0 Å². The number of hydrogen-bond acceptors (Lipinski definition) is 7. The number of nitrogens with zero attached hydrogens (tertiary/aromatic N) is 3. The topological polar surface area (TPSA) is 114 Å². The van der Waals surface area contributed by atoms with Gasteiger partial charge in [-0.2, -0.15) is 0 Å². The number of aromatic nitrogens is 3. The van der Waals surface area contributed by atoms with E-state index in [9.17, 15) is 14.4 Å². The molecule has 172 valence electrons. The first-order valence-electron chi connectivity index (χ1n) is 10.9. The summed E-state index contributed by atoms with van der Waals surface area (Å²) in [6.45, 7) is 4.84. The number of carbonyl (C=O) groups excluding carboxylic acids is 1. The van der Waals surface area contributed by atoms with Crippen molar-refractivity contribution in [1.29, 1.82) is 0 Å². The number of benzene rings is 1. The normalized spacial score (nSPS) is 11.2. The van der Waals surface area contributed by atoms with Gasteiger partial charge in [-0.15, -0.1) is 11.3 Å². The number of rotatable bonds is 11. The second-order valence-corrected chi connectivity index (χ2v) is 9.74. The smallest absolute Gasteiger partial charge is 0.330 e. The van der Waals surface area contributed by atoms with Crippen molar-refractivity contribution in [2.45, 2.75) is 56.8 Å². The molecule has 2 heterocycles. The zero-order valence-corrected chi connectivity index (χ0v) is 20.1. The van der Waals surface area contributed by atoms with Crippen molar-refractivity contribution in [3.8, 4) is 0 Å². The molecule has 0 aliphatic rings. The van der Waals surface area contributed by atoms with E-state index < -0.39 is 11.2 Å². The molecule has 0 aliphatic carbocycles. The Morgan fingerprint density at radius 3 is 2.66 bits per heavy atom. The molecule has 0 unspecified atom stereocenters. The van der Waals surface area contributed by atoms with Crippen LogP contribution in [0.4, 0.5) is 11.5 Å². The third kappa shape index (κ3) is 5.60. The van der Waals surface area contributed by atoms with Crippen LogP contribution in [0.15, 0.2) is 38.2 Å². The Bertz CT molecular complexity index is 1150. The Labute approximate surface area is 194 Å². The van der Waals surface area contributed by atoms with Crippen molar-refractivity contribution in [2.24, 2.45) is 0 Å². The zero-order chi connectivity index (χ0) is 23.1. The summed E-state index contributed by atoms with van der Waals surface area (Å²) in [4.78, 5) is 46.5. The predicted octanol–water partition coefficient (Wildman–Crippen LogP) is 3.84. The summed E-state index contributed by atoms with van der Waals surface area (Å²) < 4.78 is 3.20. The highest BCUT2D eigenvalue weighted by atomic mass is 32.2. The molecule has 0 aliphatic heterocycles. The quantitative estimate of drug-likeness (QED) is 0.322. The Morgan fingerprint density at radius 2 is 1.94 bits per heavy atom. The number of H-pyrrole nitrogens is 1. The number of aromatic amines is 1. The molecule has 2 aromatic heterocycles. The van der Waals surface area contributed by atoms with Gasteiger partial charge >= 0.3 is 5.69 Å². The minimum absolute atomic E-state index is 0.0436. The van der Waals surface area contributed by atoms with Gasteiger partial charge in [0.1, 0.15) is 5.82 Å². The fourth-order valence-electron chi connectivity index (χ4n) is 3.37. The summed E-state index contributed by atoms with van der Waals surface area (Å²) >= 11 is 2.88. The highest BCUT2D eigenvalue weighted by molar-refractivity contribution is 8.01. The predicted molar refractivity (Wildman–Crippen MR) is 133 cm³/mol. The van der Waals surface area contributed by atoms with Crippen molar-refractivity contribution in [3.63, 3.8) is 0 Å². The molecule has 0 fully saturated rings. The lowest BCUT2D eigenvalue weighted by molar-refractivity contribution is -0.116. The van der Waals surface area contributed by atoms with E-state index in [4.69, 9.17) is 5.73 Å². The van der Waals surface area contributed by atoms with Gasteiger partial charge in [0, 0.05) is 13.1 Å². The first-order chi connectivity index (χ1) is 15.5. The van der Waals surface area contributed by atoms with Crippen LogP contribution in [0.3, 0.4) is 0 Å². The summed E-state index contributed by atoms with van der Waals surface area (Å²) in [6, 6.07) is 7.82. The Morgan fingerprint density at radius 1 is 1.19 bits per heavy atom. The highest BCUT2D eigenvalue weighted by Gasteiger charge is 2.24. The second-order valence-electron chi connectivity index (χ2n) is 7.49. The average Bonchev–Trinajstić information content (AvgIpc) is 3.19. The van der Waals surface area contributed by atoms with Crippen LogP contribution in [-0.4, -0.2) is 32.7 Å². The largest absolute Gasteiger partial charge is 0.383 e. The van der Waals surface area contributed by atoms with E-state index in [0.29, 0.717) is 13.1 Å². The van der Waals surface area contributed by atoms with Gasteiger partial charge in [-0.25, -0.2) is 9.78 Å². The maximum absolute atomic E-state index is 13.2. The number of fused-ring (bicyclic) bond motifs is 1. The Hall–Kier alpha value is -2.59. The molecular formula is C22H29N5O3S2. The Balaban J connectivity index is 1.87. The van der Waals surface area contributed by atoms with Crippen molar-refractivity contribution < 1.29 is 4.79 Å². The molecule has 0 atom stereocenters. The molecule has 0 spiro atoms. The first-order valence-corrected chi connectivity index (χ1v) is 12.7. The molecule has 8 nitrogen and oxygen atoms in total. The van der Waals surface area contributed by atoms with Gasteiger partial charge in [0.25, 0.3) is 5.56 Å². The van der Waals surface area contributed by atoms with Crippen LogP contribution in [-0.2, 0) is 11.3 Å². The Kier molecular flexibility index (Phi) is 8.52. The number of unbranched alkanes of at least 4 members (excludes halogenated alkanes) is 3. The molecule has 0 saturated heterocycles. The summed E-state index contributed by atoms with van der Waals surface area (Å²) in [5.41, 5.74) is 6.04. The standard InChI is InChI=1S/C22H29N5O3S2/c1-3-5-9-13-26(18-19(23)27(12-6-4-2)21(30)25-20(18)29)17(28)14-31-22-24-15-10-7-8-11-16(15)32-22/h7-8,10-11H,3-6,9,12-14,23H2,1-2H3,(H,25,29,30). The number of para-hydroxylation sites is 1. The van der Waals surface area contributed by atoms with Gasteiger partial charge in [0.05, 0.1) is 16.0 Å². The lowest BCUT2D eigenvalue weighted by Crippen LogP contribution is -2.42. The molecule has 10 heteroatoms. The van der Waals surface area contributed by atoms with Crippen LogP contribution >= 0.6 is 23.1 Å². The van der Waals surface area contributed by atoms with Crippen molar-refractivity contribution in [3.05, 3.63) is 45.1 Å². The number of nitrogens with one attached hydrogen (secondary N) is 1. The molecule has 32 heavy (non-hydrogen) atoms. The molecule has 3 aromatic rings. The maximum atomic E-state index is 13.2. The molecular weight excluding hydrogens is 446 g/mol. The fraction of sp³-hybridized carbons (Fsp3) is 0.455. The number of carbonyl (C=O) groups is 1. The van der Waals surface area contributed by atoms with E-state index in [2.05, 4.69) is 16.9 Å². The highest BCUT2D eigenvalue weighted by Crippen LogP contribution is 2.30. The van der Waals surface area contributed by atoms with Gasteiger partial charge in [-0.1, -0.05) is 57.0 Å². The second kappa shape index (κ2) is 11.3. The number of nitrogens with two attached hydrogens (primary N) is 1. The number of nitrogen functional groups attached to an aromatic ring is 1. The summed E-state index contributed by atoms with van der Waals surface area (Å²) in [5.74, 6) is -0.0656. The first kappa shape index (κ1) is 24.1. The zero-order valence-electron chi connectivity index (χ0n) is 18.4. The molecule has 1 amide bonds. The number of thiazole rings is 1. The molecule has 1 aromatic carbocycles. The molecule has 3 N–H and O–H groups in total. The van der Waals surface area contributed by atoms with E-state index in [1.165, 1.54) is 32.6 Å². The summed E-state index contributed by atoms with van der Waals surface area (Å²) in [7, 11) is 0. The van der Waals surface area contributed by atoms with Crippen molar-refractivity contribution in [2.75, 3.05) is 22.9 Å². The van der Waals surface area contributed by atoms with Crippen molar-refractivity contribution in [1.82, 2.24) is 14.5 Å². The van der Waals surface area contributed by atoms with Crippen LogP contribution in [0.5, 0.6) is 0 Å². The number of amides is 1. The SMILES string of the molecule is CCCCCN(C(=O)CSc1nc2ccccc2s1)c1c(N)n(CCCC)c(=O)[nH]c1=O. The minimum Gasteiger partial charge on any atom is -0.383 e. The molecule has 0 bridgehead atoms. The number of anilines is 2. The molecule has 0 saturated carbocycles. The van der Waals surface area contributed by atoms with E-state index in [-0.39, 0.29) is 23.2 Å². The maximum Gasteiger partial charge on any atom is 0.330 e. The van der Waals surface area contributed by atoms with Gasteiger partial charge in [-0.05, 0) is 25.0 Å². The third-order valence-electron chi connectivity index (χ3n) is 5.10. The van der Waals surface area contributed by atoms with Gasteiger partial charge in [0.15, 0.2) is 10.0 Å². The van der Waals surface area contributed by atoms with Crippen molar-refractivity contribution >= 4 is 50.7 Å². The van der Waals surface area contributed by atoms with E-state index in [1.807, 2.05) is 31.2 Å². The third-order valence-corrected chi connectivity index (χ3v) is 7.26. The van der Waals surface area contributed by atoms with Gasteiger partial charge < -0.3 is 10.6 Å². The lowest BCUT2D eigenvalue weighted by Gasteiger charge is -2.24. The fourth-order valence-corrected chi connectivity index (χ4v) is 5.32. The van der Waals surface area contributed by atoms with E-state index in [0.717, 1.165) is 46.7 Å². The molecule has 0 radical (unpaired) electrons. The van der Waals surface area contributed by atoms with Gasteiger partial charge in [0.2, 0.25) is 5.91 Å². The van der Waals surface area contributed by atoms with Crippen LogP contribution in [0.2, 0.25) is 0 Å². The summed E-state index contributed by atoms with van der Waals surface area (Å²) in [5, 5.41) is 0. The van der Waals surface area contributed by atoms with Gasteiger partial charge in [-0.3, -0.25) is 19.1 Å².